The summed E-state index contributed by atoms with van der Waals surface area (Å²) >= 11 is 0. The van der Waals surface area contributed by atoms with Crippen LogP contribution >= 0.6 is 0 Å². The van der Waals surface area contributed by atoms with Crippen molar-refractivity contribution in [2.75, 3.05) is 0 Å². The van der Waals surface area contributed by atoms with Gasteiger partial charge in [0.25, 0.3) is 0 Å². The van der Waals surface area contributed by atoms with Gasteiger partial charge in [0.15, 0.2) is 0 Å². The van der Waals surface area contributed by atoms with Gasteiger partial charge in [0.2, 0.25) is 5.82 Å². The van der Waals surface area contributed by atoms with Crippen LogP contribution in [0.5, 0.6) is 0 Å². The fraction of sp³-hybridized carbons (Fsp3) is 0.500. The zero-order valence-corrected chi connectivity index (χ0v) is 6.67. The fourth-order valence-electron chi connectivity index (χ4n) is 1.12. The van der Waals surface area contributed by atoms with Crippen LogP contribution in [-0.4, -0.2) is 9.97 Å². The number of alkyl halides is 3. The van der Waals surface area contributed by atoms with Crippen LogP contribution in [0.2, 0.25) is 0 Å². The Morgan fingerprint density at radius 2 is 2.00 bits per heavy atom. The molecule has 1 aliphatic carbocycles. The van der Waals surface area contributed by atoms with Gasteiger partial charge in [-0.1, -0.05) is 0 Å². The average Bonchev–Trinajstić information content (AvgIpc) is 2.85. The van der Waals surface area contributed by atoms with E-state index in [4.69, 9.17) is 0 Å². The molecule has 0 aromatic carbocycles. The molecule has 13 heavy (non-hydrogen) atoms. The van der Waals surface area contributed by atoms with Gasteiger partial charge in [-0.2, -0.15) is 13.2 Å². The molecule has 0 saturated heterocycles. The Hall–Kier alpha value is -1.13. The highest BCUT2D eigenvalue weighted by molar-refractivity contribution is 5.14. The molecule has 5 heteroatoms. The number of halogens is 3. The molecule has 1 saturated carbocycles. The van der Waals surface area contributed by atoms with Gasteiger partial charge in [0.05, 0.1) is 0 Å². The molecule has 0 atom stereocenters. The van der Waals surface area contributed by atoms with Crippen LogP contribution in [0.3, 0.4) is 0 Å². The van der Waals surface area contributed by atoms with Gasteiger partial charge in [-0.15, -0.1) is 0 Å². The third kappa shape index (κ3) is 1.79. The van der Waals surface area contributed by atoms with Crippen LogP contribution in [0.25, 0.3) is 0 Å². The second-order valence-electron chi connectivity index (χ2n) is 3.08. The molecule has 0 bridgehead atoms. The summed E-state index contributed by atoms with van der Waals surface area (Å²) in [6, 6.07) is 1.55. The molecule has 2 rings (SSSR count). The van der Waals surface area contributed by atoms with E-state index in [9.17, 15) is 13.2 Å². The molecule has 0 unspecified atom stereocenters. The van der Waals surface area contributed by atoms with Crippen molar-refractivity contribution >= 4 is 0 Å². The van der Waals surface area contributed by atoms with E-state index in [0.717, 1.165) is 12.8 Å². The Balaban J connectivity index is 2.32. The van der Waals surface area contributed by atoms with Crippen molar-refractivity contribution in [3.8, 4) is 0 Å². The van der Waals surface area contributed by atoms with E-state index in [0.29, 0.717) is 5.69 Å². The quantitative estimate of drug-likeness (QED) is 0.676. The van der Waals surface area contributed by atoms with E-state index >= 15 is 0 Å². The number of aromatic nitrogens is 2. The molecule has 1 heterocycles. The molecule has 1 aromatic heterocycles. The first kappa shape index (κ1) is 8.47. The monoisotopic (exact) mass is 188 g/mol. The first-order valence-electron chi connectivity index (χ1n) is 3.97. The lowest BCUT2D eigenvalue weighted by atomic mass is 10.3. The first-order chi connectivity index (χ1) is 6.07. The Kier molecular flexibility index (Phi) is 1.75. The van der Waals surface area contributed by atoms with Gasteiger partial charge in [-0.3, -0.25) is 0 Å². The van der Waals surface area contributed by atoms with Crippen LogP contribution in [0.4, 0.5) is 13.2 Å². The lowest BCUT2D eigenvalue weighted by molar-refractivity contribution is -0.145. The van der Waals surface area contributed by atoms with Crippen molar-refractivity contribution < 1.29 is 13.2 Å². The molecule has 0 spiro atoms. The van der Waals surface area contributed by atoms with Gasteiger partial charge in [-0.25, -0.2) is 9.97 Å². The van der Waals surface area contributed by atoms with Crippen LogP contribution < -0.4 is 0 Å². The van der Waals surface area contributed by atoms with Crippen LogP contribution in [-0.2, 0) is 6.18 Å². The van der Waals surface area contributed by atoms with E-state index in [1.54, 1.807) is 6.07 Å². The summed E-state index contributed by atoms with van der Waals surface area (Å²) in [6.07, 6.45) is -1.38. The molecule has 0 aliphatic heterocycles. The van der Waals surface area contributed by atoms with Crippen molar-refractivity contribution in [3.63, 3.8) is 0 Å². The maximum absolute atomic E-state index is 12.1. The Bertz CT molecular complexity index is 317. The molecular weight excluding hydrogens is 181 g/mol. The minimum atomic E-state index is -4.43. The predicted molar refractivity (Wildman–Crippen MR) is 39.0 cm³/mol. The van der Waals surface area contributed by atoms with Gasteiger partial charge < -0.3 is 0 Å². The molecular formula is C8H7F3N2. The molecule has 70 valence electrons. The average molecular weight is 188 g/mol. The third-order valence-corrected chi connectivity index (χ3v) is 1.93. The topological polar surface area (TPSA) is 25.8 Å². The largest absolute Gasteiger partial charge is 0.451 e. The summed E-state index contributed by atoms with van der Waals surface area (Å²) in [5.74, 6) is -0.805. The Labute approximate surface area is 72.8 Å². The van der Waals surface area contributed by atoms with E-state index in [2.05, 4.69) is 9.97 Å². The summed E-state index contributed by atoms with van der Waals surface area (Å²) in [5, 5.41) is 0. The van der Waals surface area contributed by atoms with E-state index in [1.165, 1.54) is 6.20 Å². The second-order valence-corrected chi connectivity index (χ2v) is 3.08. The van der Waals surface area contributed by atoms with Crippen LogP contribution in [0.15, 0.2) is 12.3 Å². The fourth-order valence-corrected chi connectivity index (χ4v) is 1.12. The lowest BCUT2D eigenvalue weighted by Crippen LogP contribution is -2.11. The van der Waals surface area contributed by atoms with E-state index in [1.807, 2.05) is 0 Å². The number of nitrogens with zero attached hydrogens (tertiary/aromatic N) is 2. The molecule has 2 nitrogen and oxygen atoms in total. The van der Waals surface area contributed by atoms with Crippen molar-refractivity contribution in [2.24, 2.45) is 0 Å². The summed E-state index contributed by atoms with van der Waals surface area (Å²) in [7, 11) is 0. The molecule has 1 aliphatic rings. The maximum atomic E-state index is 12.1. The smallest absolute Gasteiger partial charge is 0.233 e. The number of hydrogen-bond acceptors (Lipinski definition) is 2. The van der Waals surface area contributed by atoms with Crippen molar-refractivity contribution in [3.05, 3.63) is 23.8 Å². The lowest BCUT2D eigenvalue weighted by Gasteiger charge is -2.05. The normalized spacial score (nSPS) is 17.5. The molecule has 1 aromatic rings. The van der Waals surface area contributed by atoms with Gasteiger partial charge in [0.1, 0.15) is 0 Å². The molecule has 0 N–H and O–H groups in total. The second kappa shape index (κ2) is 2.68. The van der Waals surface area contributed by atoms with E-state index in [-0.39, 0.29) is 5.92 Å². The SMILES string of the molecule is FC(F)(F)c1nccc(C2CC2)n1. The predicted octanol–water partition coefficient (Wildman–Crippen LogP) is 2.37. The summed E-state index contributed by atoms with van der Waals surface area (Å²) in [4.78, 5) is 6.65. The van der Waals surface area contributed by atoms with Crippen molar-refractivity contribution in [1.29, 1.82) is 0 Å². The van der Waals surface area contributed by atoms with Crippen LogP contribution in [0, 0.1) is 0 Å². The third-order valence-electron chi connectivity index (χ3n) is 1.93. The highest BCUT2D eigenvalue weighted by atomic mass is 19.4. The van der Waals surface area contributed by atoms with Gasteiger partial charge >= 0.3 is 6.18 Å². The minimum absolute atomic E-state index is 0.226. The Morgan fingerprint density at radius 3 is 2.54 bits per heavy atom. The summed E-state index contributed by atoms with van der Waals surface area (Å²) < 4.78 is 36.4. The van der Waals surface area contributed by atoms with Crippen LogP contribution in [0.1, 0.15) is 30.3 Å². The highest BCUT2D eigenvalue weighted by Gasteiger charge is 2.36. The zero-order valence-electron chi connectivity index (χ0n) is 6.67. The van der Waals surface area contributed by atoms with Crippen molar-refractivity contribution in [2.45, 2.75) is 24.9 Å². The summed E-state index contributed by atoms with van der Waals surface area (Å²) in [6.45, 7) is 0. The van der Waals surface area contributed by atoms with Crippen molar-refractivity contribution in [1.82, 2.24) is 9.97 Å². The van der Waals surface area contributed by atoms with Gasteiger partial charge in [-0.05, 0) is 18.9 Å². The molecule has 1 fully saturated rings. The maximum Gasteiger partial charge on any atom is 0.451 e. The molecule has 0 amide bonds. The Morgan fingerprint density at radius 1 is 1.31 bits per heavy atom. The number of rotatable bonds is 1. The standard InChI is InChI=1S/C8H7F3N2/c9-8(10,11)7-12-4-3-6(13-7)5-1-2-5/h3-5H,1-2H2. The zero-order chi connectivity index (χ0) is 9.47. The van der Waals surface area contributed by atoms with E-state index < -0.39 is 12.0 Å². The first-order valence-corrected chi connectivity index (χ1v) is 3.97. The summed E-state index contributed by atoms with van der Waals surface area (Å²) in [5.41, 5.74) is 0.516. The number of hydrogen-bond donors (Lipinski definition) is 0. The molecule has 0 radical (unpaired) electrons. The van der Waals surface area contributed by atoms with Gasteiger partial charge in [0, 0.05) is 17.8 Å². The minimum Gasteiger partial charge on any atom is -0.233 e. The highest BCUT2D eigenvalue weighted by Crippen LogP contribution is 2.39.